The van der Waals surface area contributed by atoms with Crippen molar-refractivity contribution in [1.29, 1.82) is 0 Å². The van der Waals surface area contributed by atoms with Gasteiger partial charge < -0.3 is 35.2 Å². The molecule has 4 unspecified atom stereocenters. The Balaban J connectivity index is 5.27. The Morgan fingerprint density at radius 3 is 1.44 bits per heavy atom. The average molecular weight is 583 g/mol. The Labute approximate surface area is 226 Å². The molecule has 0 fully saturated rings. The molecule has 0 aromatic rings. The Kier molecular flexibility index (Phi) is 18.8. The van der Waals surface area contributed by atoms with E-state index in [-0.39, 0.29) is 19.7 Å². The molecule has 14 heteroatoms. The summed E-state index contributed by atoms with van der Waals surface area (Å²) in [6, 6.07) is 0. The van der Waals surface area contributed by atoms with Crippen molar-refractivity contribution in [3.8, 4) is 0 Å². The van der Waals surface area contributed by atoms with Crippen LogP contribution in [0, 0.1) is 0 Å². The molecule has 0 aliphatic rings. The fourth-order valence-electron chi connectivity index (χ4n) is 4.89. The van der Waals surface area contributed by atoms with E-state index in [1.165, 1.54) is 39.3 Å². The highest BCUT2D eigenvalue weighted by Crippen LogP contribution is 2.12. The first kappa shape index (κ1) is 35.0. The second kappa shape index (κ2) is 18.3. The van der Waals surface area contributed by atoms with E-state index >= 15 is 0 Å². The van der Waals surface area contributed by atoms with Gasteiger partial charge in [-0.15, -0.1) is 0 Å². The van der Waals surface area contributed by atoms with Gasteiger partial charge in [0.1, 0.15) is 0 Å². The zero-order valence-electron chi connectivity index (χ0n) is 25.5. The second-order valence-electron chi connectivity index (χ2n) is 10.4. The third kappa shape index (κ3) is 11.6. The first-order valence-corrected chi connectivity index (χ1v) is 24.8. The summed E-state index contributed by atoms with van der Waals surface area (Å²) in [4.78, 5) is 0. The predicted octanol–water partition coefficient (Wildman–Crippen LogP) is -1.34. The van der Waals surface area contributed by atoms with Crippen LogP contribution in [0.2, 0.25) is 26.2 Å². The van der Waals surface area contributed by atoms with Crippen molar-refractivity contribution in [1.82, 2.24) is 35.2 Å². The molecule has 0 saturated heterocycles. The fourth-order valence-corrected chi connectivity index (χ4v) is 30.2. The van der Waals surface area contributed by atoms with Crippen LogP contribution in [0.25, 0.3) is 0 Å². The largest absolute Gasteiger partial charge is 0.344 e. The molecule has 8 nitrogen and oxygen atoms in total. The molecule has 0 aliphatic carbocycles. The number of hydrogen-bond acceptors (Lipinski definition) is 8. The van der Waals surface area contributed by atoms with E-state index in [1.807, 2.05) is 0 Å². The summed E-state index contributed by atoms with van der Waals surface area (Å²) in [6.45, 7) is 26.8. The van der Waals surface area contributed by atoms with Crippen LogP contribution >= 0.6 is 0 Å². The van der Waals surface area contributed by atoms with Gasteiger partial charge in [0.2, 0.25) is 0 Å². The molecular weight excluding hydrogens is 521 g/mol. The number of likely N-dealkylation sites (N-methyl/N-ethyl adjacent to an activating group) is 2. The number of rotatable bonds is 19. The van der Waals surface area contributed by atoms with E-state index < -0.39 is 36.5 Å². The first-order chi connectivity index (χ1) is 15.9. The molecule has 0 saturated carbocycles. The van der Waals surface area contributed by atoms with E-state index in [2.05, 4.69) is 131 Å². The van der Waals surface area contributed by atoms with Crippen LogP contribution in [-0.2, 0) is 0 Å². The van der Waals surface area contributed by atoms with Crippen LogP contribution in [-0.4, -0.2) is 173 Å². The molecular formula is C20H62N8Si6. The maximum Gasteiger partial charge on any atom is 0.175 e. The first-order valence-electron chi connectivity index (χ1n) is 13.5. The molecule has 4 atom stereocenters. The van der Waals surface area contributed by atoms with E-state index in [4.69, 9.17) is 0 Å². The monoisotopic (exact) mass is 582 g/mol. The Morgan fingerprint density at radius 2 is 1.03 bits per heavy atom. The third-order valence-corrected chi connectivity index (χ3v) is 33.1. The van der Waals surface area contributed by atoms with Gasteiger partial charge in [-0.3, -0.25) is 0 Å². The molecule has 0 spiro atoms. The van der Waals surface area contributed by atoms with Crippen molar-refractivity contribution in [2.45, 2.75) is 53.9 Å². The lowest BCUT2D eigenvalue weighted by molar-refractivity contribution is 0.402. The van der Waals surface area contributed by atoms with Gasteiger partial charge >= 0.3 is 0 Å². The molecule has 0 aromatic heterocycles. The third-order valence-electron chi connectivity index (χ3n) is 7.61. The van der Waals surface area contributed by atoms with E-state index in [1.54, 1.807) is 0 Å². The van der Waals surface area contributed by atoms with Gasteiger partial charge in [-0.1, -0.05) is 27.7 Å². The average Bonchev–Trinajstić information content (AvgIpc) is 2.78. The van der Waals surface area contributed by atoms with Gasteiger partial charge in [-0.05, 0) is 94.7 Å². The van der Waals surface area contributed by atoms with Gasteiger partial charge in [0.25, 0.3) is 0 Å². The lowest BCUT2D eigenvalue weighted by atomic mass is 10.6. The van der Waals surface area contributed by atoms with Crippen LogP contribution in [0.15, 0.2) is 0 Å². The Hall–Kier alpha value is 0.981. The summed E-state index contributed by atoms with van der Waals surface area (Å²) in [6.07, 6.45) is 0. The molecule has 0 radical (unpaired) electrons. The lowest BCUT2D eigenvalue weighted by Gasteiger charge is -2.46. The van der Waals surface area contributed by atoms with Crippen LogP contribution in [0.5, 0.6) is 0 Å². The lowest BCUT2D eigenvalue weighted by Crippen LogP contribution is -2.68. The molecule has 0 heterocycles. The van der Waals surface area contributed by atoms with Gasteiger partial charge in [-0.25, -0.2) is 0 Å². The fraction of sp³-hybridized carbons (Fsp3) is 1.00. The molecule has 34 heavy (non-hydrogen) atoms. The zero-order chi connectivity index (χ0) is 26.6. The Morgan fingerprint density at radius 1 is 0.559 bits per heavy atom. The van der Waals surface area contributed by atoms with Gasteiger partial charge in [0.15, 0.2) is 56.2 Å². The summed E-state index contributed by atoms with van der Waals surface area (Å²) in [5.74, 6) is 0. The quantitative estimate of drug-likeness (QED) is 0.173. The summed E-state index contributed by atoms with van der Waals surface area (Å²) in [5, 5.41) is 0. The summed E-state index contributed by atoms with van der Waals surface area (Å²) >= 11 is 0. The minimum atomic E-state index is -1.15. The molecule has 0 aromatic carbocycles. The van der Waals surface area contributed by atoms with Crippen molar-refractivity contribution in [2.24, 2.45) is 0 Å². The molecule has 0 bridgehead atoms. The maximum atomic E-state index is 3.09. The van der Waals surface area contributed by atoms with Crippen molar-refractivity contribution in [2.75, 3.05) is 81.6 Å². The van der Waals surface area contributed by atoms with Gasteiger partial charge in [-0.2, -0.15) is 0 Å². The minimum absolute atomic E-state index is 0.308. The van der Waals surface area contributed by atoms with Crippen molar-refractivity contribution in [3.63, 3.8) is 0 Å². The van der Waals surface area contributed by atoms with Crippen molar-refractivity contribution in [3.05, 3.63) is 0 Å². The van der Waals surface area contributed by atoms with E-state index in [0.29, 0.717) is 0 Å². The van der Waals surface area contributed by atoms with Crippen LogP contribution in [0.4, 0.5) is 0 Å². The number of nitrogens with zero attached hydrogens (tertiary/aromatic N) is 8. The smallest absolute Gasteiger partial charge is 0.175 e. The van der Waals surface area contributed by atoms with Gasteiger partial charge in [0, 0.05) is 13.1 Å². The molecule has 0 amide bonds. The predicted molar refractivity (Wildman–Crippen MR) is 171 cm³/mol. The summed E-state index contributed by atoms with van der Waals surface area (Å²) in [7, 11) is 9.00. The highest BCUT2D eigenvalue weighted by atomic mass is 28.4. The molecule has 0 N–H and O–H groups in total. The second-order valence-corrected chi connectivity index (χ2v) is 30.0. The standard InChI is InChI=1S/C20H62N8Si6/c1-15-25(16-2)33(13)27(29-21(5)6)30-23(9)19-20-24(10)32(12)28(31(11)22(7)8)34(14)26(17-3)18-4/h31-34H,15-20,29-30H2,1-14H3. The Bertz CT molecular complexity index is 515. The van der Waals surface area contributed by atoms with Crippen molar-refractivity contribution < 1.29 is 0 Å². The highest BCUT2D eigenvalue weighted by Gasteiger charge is 2.34. The topological polar surface area (TPSA) is 25.9 Å². The van der Waals surface area contributed by atoms with Crippen molar-refractivity contribution >= 4 is 56.2 Å². The van der Waals surface area contributed by atoms with Crippen LogP contribution < -0.4 is 0 Å². The number of hydrogen-bond donors (Lipinski definition) is 0. The van der Waals surface area contributed by atoms with E-state index in [0.717, 1.165) is 0 Å². The molecule has 206 valence electrons. The van der Waals surface area contributed by atoms with Crippen LogP contribution in [0.1, 0.15) is 27.7 Å². The van der Waals surface area contributed by atoms with E-state index in [9.17, 15) is 0 Å². The summed E-state index contributed by atoms with van der Waals surface area (Å²) in [5.41, 5.74) is 0. The summed E-state index contributed by atoms with van der Waals surface area (Å²) < 4.78 is 22.2. The highest BCUT2D eigenvalue weighted by molar-refractivity contribution is 6.83. The SMILES string of the molecule is CCN(CC)[SiH](C)N([SiH2]N(C)C)[SiH2]N(C)CCN(C)[SiH](C)N([SiH](C)N(C)C)[SiH](C)N(CC)CC. The minimum Gasteiger partial charge on any atom is -0.344 e. The molecule has 0 aliphatic heterocycles. The van der Waals surface area contributed by atoms with Crippen LogP contribution in [0.3, 0.4) is 0 Å². The van der Waals surface area contributed by atoms with Gasteiger partial charge in [0.05, 0.1) is 0 Å². The zero-order valence-corrected chi connectivity index (χ0v) is 33.0. The normalized spacial score (nSPS) is 17.5. The molecule has 0 rings (SSSR count). The maximum absolute atomic E-state index is 3.09.